The number of carbonyl (C=O) groups is 1. The number of benzene rings is 2. The van der Waals surface area contributed by atoms with Gasteiger partial charge < -0.3 is 4.90 Å². The van der Waals surface area contributed by atoms with Gasteiger partial charge in [0, 0.05) is 48.7 Å². The van der Waals surface area contributed by atoms with Crippen molar-refractivity contribution in [2.45, 2.75) is 13.0 Å². The Bertz CT molecular complexity index is 918. The van der Waals surface area contributed by atoms with Gasteiger partial charge in [0.15, 0.2) is 0 Å². The minimum atomic E-state index is 0.182. The van der Waals surface area contributed by atoms with Gasteiger partial charge in [-0.1, -0.05) is 54.1 Å². The van der Waals surface area contributed by atoms with Crippen LogP contribution < -0.4 is 0 Å². The Kier molecular flexibility index (Phi) is 6.05. The fraction of sp³-hybridized carbons (Fsp3) is 0.273. The maximum atomic E-state index is 12.5. The van der Waals surface area contributed by atoms with Crippen molar-refractivity contribution in [3.8, 4) is 10.6 Å². The monoisotopic (exact) mass is 411 g/mol. The lowest BCUT2D eigenvalue weighted by atomic mass is 10.1. The standard InChI is InChI=1S/C22H22ClN3OS/c23-19-8-6-17(7-9-19)14-21(27)26-12-10-25(11-13-26)15-20-16-28-22(24-20)18-4-2-1-3-5-18/h1-9,16H,10-15H2. The summed E-state index contributed by atoms with van der Waals surface area (Å²) in [5.74, 6) is 0.182. The van der Waals surface area contributed by atoms with E-state index in [-0.39, 0.29) is 5.91 Å². The van der Waals surface area contributed by atoms with Crippen LogP contribution in [0.1, 0.15) is 11.3 Å². The Balaban J connectivity index is 1.28. The van der Waals surface area contributed by atoms with Gasteiger partial charge in [0.1, 0.15) is 5.01 Å². The van der Waals surface area contributed by atoms with Gasteiger partial charge in [-0.3, -0.25) is 9.69 Å². The van der Waals surface area contributed by atoms with Crippen LogP contribution in [0.2, 0.25) is 5.02 Å². The molecule has 1 aliphatic rings. The molecule has 0 atom stereocenters. The second kappa shape index (κ2) is 8.86. The Morgan fingerprint density at radius 1 is 1.00 bits per heavy atom. The third kappa shape index (κ3) is 4.79. The molecule has 144 valence electrons. The molecule has 2 aromatic carbocycles. The van der Waals surface area contributed by atoms with Gasteiger partial charge >= 0.3 is 0 Å². The van der Waals surface area contributed by atoms with E-state index in [0.717, 1.165) is 54.6 Å². The molecular formula is C22H22ClN3OS. The van der Waals surface area contributed by atoms with Gasteiger partial charge in [-0.15, -0.1) is 11.3 Å². The Hall–Kier alpha value is -2.21. The molecular weight excluding hydrogens is 390 g/mol. The molecule has 0 bridgehead atoms. The summed E-state index contributed by atoms with van der Waals surface area (Å²) in [5, 5.41) is 3.90. The average molecular weight is 412 g/mol. The van der Waals surface area contributed by atoms with E-state index in [1.807, 2.05) is 47.4 Å². The minimum absolute atomic E-state index is 0.182. The quantitative estimate of drug-likeness (QED) is 0.626. The summed E-state index contributed by atoms with van der Waals surface area (Å²) in [6.07, 6.45) is 0.434. The largest absolute Gasteiger partial charge is 0.340 e. The number of thiazole rings is 1. The van der Waals surface area contributed by atoms with Gasteiger partial charge in [-0.25, -0.2) is 4.98 Å². The molecule has 0 unspecified atom stereocenters. The second-order valence-electron chi connectivity index (χ2n) is 6.97. The second-order valence-corrected chi connectivity index (χ2v) is 8.26. The van der Waals surface area contributed by atoms with Gasteiger partial charge in [-0.2, -0.15) is 0 Å². The Labute approximate surface area is 174 Å². The highest BCUT2D eigenvalue weighted by Gasteiger charge is 2.21. The number of hydrogen-bond acceptors (Lipinski definition) is 4. The smallest absolute Gasteiger partial charge is 0.227 e. The number of halogens is 1. The van der Waals surface area contributed by atoms with Gasteiger partial charge in [0.2, 0.25) is 5.91 Å². The van der Waals surface area contributed by atoms with Crippen molar-refractivity contribution < 1.29 is 4.79 Å². The van der Waals surface area contributed by atoms with E-state index < -0.39 is 0 Å². The fourth-order valence-electron chi connectivity index (χ4n) is 3.37. The number of piperazine rings is 1. The molecule has 0 aliphatic carbocycles. The van der Waals surface area contributed by atoms with Crippen molar-refractivity contribution in [1.82, 2.24) is 14.8 Å². The van der Waals surface area contributed by atoms with Crippen molar-refractivity contribution in [1.29, 1.82) is 0 Å². The van der Waals surface area contributed by atoms with E-state index in [9.17, 15) is 4.79 Å². The third-order valence-corrected chi connectivity index (χ3v) is 6.14. The molecule has 1 aromatic heterocycles. The molecule has 1 amide bonds. The van der Waals surface area contributed by atoms with Crippen molar-refractivity contribution >= 4 is 28.8 Å². The number of carbonyl (C=O) groups excluding carboxylic acids is 1. The number of aromatic nitrogens is 1. The molecule has 1 aliphatic heterocycles. The maximum absolute atomic E-state index is 12.5. The summed E-state index contributed by atoms with van der Waals surface area (Å²) < 4.78 is 0. The van der Waals surface area contributed by atoms with E-state index >= 15 is 0 Å². The number of hydrogen-bond donors (Lipinski definition) is 0. The van der Waals surface area contributed by atoms with Crippen LogP contribution in [-0.4, -0.2) is 46.9 Å². The fourth-order valence-corrected chi connectivity index (χ4v) is 4.31. The first-order chi connectivity index (χ1) is 13.7. The zero-order valence-electron chi connectivity index (χ0n) is 15.6. The lowest BCUT2D eigenvalue weighted by Crippen LogP contribution is -2.48. The molecule has 0 radical (unpaired) electrons. The maximum Gasteiger partial charge on any atom is 0.227 e. The molecule has 0 saturated carbocycles. The number of nitrogens with zero attached hydrogens (tertiary/aromatic N) is 3. The molecule has 0 spiro atoms. The van der Waals surface area contributed by atoms with Gasteiger partial charge in [-0.05, 0) is 17.7 Å². The first kappa shape index (κ1) is 19.1. The molecule has 4 nitrogen and oxygen atoms in total. The van der Waals surface area contributed by atoms with Crippen molar-refractivity contribution in [2.24, 2.45) is 0 Å². The van der Waals surface area contributed by atoms with E-state index in [1.54, 1.807) is 11.3 Å². The van der Waals surface area contributed by atoms with Crippen LogP contribution in [0.4, 0.5) is 0 Å². The van der Waals surface area contributed by atoms with Gasteiger partial charge in [0.05, 0.1) is 12.1 Å². The molecule has 1 fully saturated rings. The van der Waals surface area contributed by atoms with E-state index in [1.165, 1.54) is 0 Å². The Morgan fingerprint density at radius 2 is 1.71 bits per heavy atom. The molecule has 4 rings (SSSR count). The average Bonchev–Trinajstić information content (AvgIpc) is 3.19. The van der Waals surface area contributed by atoms with E-state index in [4.69, 9.17) is 16.6 Å². The van der Waals surface area contributed by atoms with Crippen LogP contribution in [0.5, 0.6) is 0 Å². The highest BCUT2D eigenvalue weighted by atomic mass is 35.5. The first-order valence-electron chi connectivity index (χ1n) is 9.42. The van der Waals surface area contributed by atoms with Crippen LogP contribution >= 0.6 is 22.9 Å². The highest BCUT2D eigenvalue weighted by Crippen LogP contribution is 2.24. The topological polar surface area (TPSA) is 36.4 Å². The summed E-state index contributed by atoms with van der Waals surface area (Å²) in [7, 11) is 0. The molecule has 3 aromatic rings. The lowest BCUT2D eigenvalue weighted by Gasteiger charge is -2.34. The van der Waals surface area contributed by atoms with E-state index in [2.05, 4.69) is 22.4 Å². The summed E-state index contributed by atoms with van der Waals surface area (Å²) in [5.41, 5.74) is 3.27. The minimum Gasteiger partial charge on any atom is -0.340 e. The lowest BCUT2D eigenvalue weighted by molar-refractivity contribution is -0.132. The van der Waals surface area contributed by atoms with Crippen molar-refractivity contribution in [3.05, 3.63) is 76.3 Å². The molecule has 28 heavy (non-hydrogen) atoms. The first-order valence-corrected chi connectivity index (χ1v) is 10.7. The summed E-state index contributed by atoms with van der Waals surface area (Å²) in [6, 6.07) is 17.8. The van der Waals surface area contributed by atoms with Crippen LogP contribution in [0.3, 0.4) is 0 Å². The van der Waals surface area contributed by atoms with E-state index in [0.29, 0.717) is 11.4 Å². The molecule has 6 heteroatoms. The Morgan fingerprint density at radius 3 is 2.43 bits per heavy atom. The van der Waals surface area contributed by atoms with Crippen molar-refractivity contribution in [2.75, 3.05) is 26.2 Å². The number of amides is 1. The molecule has 1 saturated heterocycles. The number of rotatable bonds is 5. The molecule has 2 heterocycles. The van der Waals surface area contributed by atoms with Gasteiger partial charge in [0.25, 0.3) is 0 Å². The summed E-state index contributed by atoms with van der Waals surface area (Å²) in [4.78, 5) is 21.6. The molecule has 0 N–H and O–H groups in total. The van der Waals surface area contributed by atoms with Crippen LogP contribution in [0, 0.1) is 0 Å². The predicted molar refractivity (Wildman–Crippen MR) is 115 cm³/mol. The van der Waals surface area contributed by atoms with Crippen molar-refractivity contribution in [3.63, 3.8) is 0 Å². The zero-order valence-corrected chi connectivity index (χ0v) is 17.1. The van der Waals surface area contributed by atoms with Crippen LogP contribution in [-0.2, 0) is 17.8 Å². The normalized spacial score (nSPS) is 15.0. The zero-order chi connectivity index (χ0) is 19.3. The summed E-state index contributed by atoms with van der Waals surface area (Å²) in [6.45, 7) is 4.13. The van der Waals surface area contributed by atoms with Crippen LogP contribution in [0.25, 0.3) is 10.6 Å². The third-order valence-electron chi connectivity index (χ3n) is 4.95. The summed E-state index contributed by atoms with van der Waals surface area (Å²) >= 11 is 7.60. The SMILES string of the molecule is O=C(Cc1ccc(Cl)cc1)N1CCN(Cc2csc(-c3ccccc3)n2)CC1. The van der Waals surface area contributed by atoms with Crippen LogP contribution in [0.15, 0.2) is 60.0 Å². The highest BCUT2D eigenvalue weighted by molar-refractivity contribution is 7.13. The predicted octanol–water partition coefficient (Wildman–Crippen LogP) is 4.35.